The van der Waals surface area contributed by atoms with Gasteiger partial charge in [0.05, 0.1) is 24.5 Å². The van der Waals surface area contributed by atoms with Crippen molar-refractivity contribution in [2.24, 2.45) is 0 Å². The number of amides is 1. The van der Waals surface area contributed by atoms with Crippen LogP contribution in [0.25, 0.3) is 0 Å². The molecule has 1 aliphatic heterocycles. The van der Waals surface area contributed by atoms with E-state index in [4.69, 9.17) is 21.1 Å². The van der Waals surface area contributed by atoms with Gasteiger partial charge in [0.1, 0.15) is 11.1 Å². The van der Waals surface area contributed by atoms with E-state index in [-0.39, 0.29) is 12.0 Å². The van der Waals surface area contributed by atoms with Crippen LogP contribution in [-0.4, -0.2) is 35.2 Å². The predicted molar refractivity (Wildman–Crippen MR) is 83.9 cm³/mol. The molecule has 116 valence electrons. The van der Waals surface area contributed by atoms with Crippen molar-refractivity contribution >= 4 is 34.0 Å². The smallest absolute Gasteiger partial charge is 0.259 e. The van der Waals surface area contributed by atoms with Crippen LogP contribution in [0.3, 0.4) is 0 Å². The highest BCUT2D eigenvalue weighted by atomic mass is 35.5. The lowest BCUT2D eigenvalue weighted by Crippen LogP contribution is -2.17. The molecule has 1 saturated heterocycles. The summed E-state index contributed by atoms with van der Waals surface area (Å²) in [5.74, 6) is 0.0123. The van der Waals surface area contributed by atoms with Gasteiger partial charge in [-0.05, 0) is 13.0 Å². The van der Waals surface area contributed by atoms with Gasteiger partial charge in [-0.3, -0.25) is 10.1 Å². The zero-order valence-electron chi connectivity index (χ0n) is 11.8. The molecule has 6 nitrogen and oxygen atoms in total. The van der Waals surface area contributed by atoms with E-state index in [9.17, 15) is 4.79 Å². The van der Waals surface area contributed by atoms with E-state index in [1.165, 1.54) is 23.6 Å². The molecule has 1 unspecified atom stereocenters. The molecular weight excluding hydrogens is 326 g/mol. The van der Waals surface area contributed by atoms with Crippen molar-refractivity contribution < 1.29 is 14.3 Å². The van der Waals surface area contributed by atoms with Gasteiger partial charge in [0.25, 0.3) is 5.91 Å². The molecule has 1 N–H and O–H groups in total. The average Bonchev–Trinajstić information content (AvgIpc) is 3.13. The monoisotopic (exact) mass is 339 g/mol. The Kier molecular flexibility index (Phi) is 4.56. The molecule has 0 aromatic carbocycles. The number of ether oxygens (including phenoxy) is 2. The Balaban J connectivity index is 1.69. The lowest BCUT2D eigenvalue weighted by molar-refractivity contribution is 0.102. The number of aryl methyl sites for hydroxylation is 1. The van der Waals surface area contributed by atoms with Crippen molar-refractivity contribution in [2.75, 3.05) is 18.5 Å². The van der Waals surface area contributed by atoms with Crippen LogP contribution in [0.15, 0.2) is 17.6 Å². The number of aromatic nitrogens is 2. The van der Waals surface area contributed by atoms with Crippen LogP contribution in [0.2, 0.25) is 5.02 Å². The minimum Gasteiger partial charge on any atom is -0.471 e. The summed E-state index contributed by atoms with van der Waals surface area (Å²) in [4.78, 5) is 20.4. The Hall–Kier alpha value is -1.70. The molecule has 1 fully saturated rings. The number of carbonyl (C=O) groups is 1. The van der Waals surface area contributed by atoms with E-state index in [1.54, 1.807) is 0 Å². The summed E-state index contributed by atoms with van der Waals surface area (Å²) in [6.07, 6.45) is 2.21. The van der Waals surface area contributed by atoms with E-state index >= 15 is 0 Å². The number of halogens is 1. The van der Waals surface area contributed by atoms with Gasteiger partial charge >= 0.3 is 0 Å². The average molecular weight is 340 g/mol. The molecule has 1 atom stereocenters. The third kappa shape index (κ3) is 3.55. The summed E-state index contributed by atoms with van der Waals surface area (Å²) >= 11 is 7.50. The van der Waals surface area contributed by atoms with Crippen LogP contribution in [0, 0.1) is 6.92 Å². The Morgan fingerprint density at radius 1 is 1.59 bits per heavy atom. The number of anilines is 1. The highest BCUT2D eigenvalue weighted by Crippen LogP contribution is 2.25. The topological polar surface area (TPSA) is 73.3 Å². The maximum Gasteiger partial charge on any atom is 0.259 e. The first-order chi connectivity index (χ1) is 10.6. The van der Waals surface area contributed by atoms with Crippen molar-refractivity contribution in [2.45, 2.75) is 19.4 Å². The number of pyridine rings is 1. The number of nitrogens with zero attached hydrogens (tertiary/aromatic N) is 2. The van der Waals surface area contributed by atoms with Crippen LogP contribution in [0.4, 0.5) is 5.13 Å². The molecule has 22 heavy (non-hydrogen) atoms. The van der Waals surface area contributed by atoms with Gasteiger partial charge in [0.2, 0.25) is 5.88 Å². The van der Waals surface area contributed by atoms with E-state index in [0.29, 0.717) is 34.8 Å². The van der Waals surface area contributed by atoms with Crippen molar-refractivity contribution in [3.05, 3.63) is 33.9 Å². The maximum absolute atomic E-state index is 12.1. The van der Waals surface area contributed by atoms with Crippen molar-refractivity contribution in [3.63, 3.8) is 0 Å². The standard InChI is InChI=1S/C14H14ClN3O3S/c1-8-7-22-14(17-8)18-12(19)9-4-11(15)13(16-5-9)21-10-2-3-20-6-10/h4-5,7,10H,2-3,6H2,1H3,(H,17,18,19). The fourth-order valence-electron chi connectivity index (χ4n) is 1.98. The number of nitrogens with one attached hydrogen (secondary N) is 1. The van der Waals surface area contributed by atoms with Crippen LogP contribution < -0.4 is 10.1 Å². The first-order valence-electron chi connectivity index (χ1n) is 6.75. The van der Waals surface area contributed by atoms with E-state index in [2.05, 4.69) is 15.3 Å². The number of hydrogen-bond acceptors (Lipinski definition) is 6. The van der Waals surface area contributed by atoms with Gasteiger partial charge in [0.15, 0.2) is 5.13 Å². The second kappa shape index (κ2) is 6.60. The molecular formula is C14H14ClN3O3S. The summed E-state index contributed by atoms with van der Waals surface area (Å²) in [5, 5.41) is 5.41. The quantitative estimate of drug-likeness (QED) is 0.927. The highest BCUT2D eigenvalue weighted by molar-refractivity contribution is 7.13. The summed E-state index contributed by atoms with van der Waals surface area (Å²) in [6, 6.07) is 1.54. The minimum absolute atomic E-state index is 0.0389. The third-order valence-electron chi connectivity index (χ3n) is 3.08. The van der Waals surface area contributed by atoms with Crippen LogP contribution in [0.1, 0.15) is 22.5 Å². The largest absolute Gasteiger partial charge is 0.471 e. The first-order valence-corrected chi connectivity index (χ1v) is 8.01. The fraction of sp³-hybridized carbons (Fsp3) is 0.357. The molecule has 0 spiro atoms. The Labute approximate surface area is 136 Å². The summed E-state index contributed by atoms with van der Waals surface area (Å²) in [6.45, 7) is 3.07. The van der Waals surface area contributed by atoms with Gasteiger partial charge in [-0.15, -0.1) is 11.3 Å². The molecule has 1 aliphatic rings. The molecule has 2 aromatic rings. The van der Waals surface area contributed by atoms with E-state index in [0.717, 1.165) is 12.1 Å². The molecule has 3 rings (SSSR count). The Morgan fingerprint density at radius 3 is 3.09 bits per heavy atom. The Bertz CT molecular complexity index is 686. The fourth-order valence-corrected chi connectivity index (χ4v) is 2.87. The summed E-state index contributed by atoms with van der Waals surface area (Å²) < 4.78 is 10.9. The molecule has 3 heterocycles. The third-order valence-corrected chi connectivity index (χ3v) is 4.22. The zero-order valence-corrected chi connectivity index (χ0v) is 13.4. The number of carbonyl (C=O) groups excluding carboxylic acids is 1. The van der Waals surface area contributed by atoms with Crippen LogP contribution in [-0.2, 0) is 4.74 Å². The second-order valence-electron chi connectivity index (χ2n) is 4.86. The SMILES string of the molecule is Cc1csc(NC(=O)c2cnc(OC3CCOC3)c(Cl)c2)n1. The second-order valence-corrected chi connectivity index (χ2v) is 6.13. The molecule has 0 radical (unpaired) electrons. The lowest BCUT2D eigenvalue weighted by atomic mass is 10.2. The lowest BCUT2D eigenvalue weighted by Gasteiger charge is -2.12. The van der Waals surface area contributed by atoms with Crippen molar-refractivity contribution in [3.8, 4) is 5.88 Å². The van der Waals surface area contributed by atoms with E-state index < -0.39 is 0 Å². The number of thiazole rings is 1. The van der Waals surface area contributed by atoms with Gasteiger partial charge in [-0.2, -0.15) is 0 Å². The molecule has 0 aliphatic carbocycles. The van der Waals surface area contributed by atoms with Gasteiger partial charge in [0, 0.05) is 18.0 Å². The molecule has 2 aromatic heterocycles. The molecule has 8 heteroatoms. The maximum atomic E-state index is 12.1. The van der Waals surface area contributed by atoms with Crippen molar-refractivity contribution in [1.82, 2.24) is 9.97 Å². The number of hydrogen-bond donors (Lipinski definition) is 1. The first kappa shape index (κ1) is 15.2. The Morgan fingerprint density at radius 2 is 2.45 bits per heavy atom. The van der Waals surface area contributed by atoms with Crippen molar-refractivity contribution in [1.29, 1.82) is 0 Å². The van der Waals surface area contributed by atoms with E-state index in [1.807, 2.05) is 12.3 Å². The highest BCUT2D eigenvalue weighted by Gasteiger charge is 2.20. The van der Waals surface area contributed by atoms with Crippen LogP contribution >= 0.6 is 22.9 Å². The molecule has 1 amide bonds. The van der Waals surface area contributed by atoms with Gasteiger partial charge < -0.3 is 9.47 Å². The summed E-state index contributed by atoms with van der Waals surface area (Å²) in [7, 11) is 0. The molecule has 0 saturated carbocycles. The summed E-state index contributed by atoms with van der Waals surface area (Å²) in [5.41, 5.74) is 1.21. The predicted octanol–water partition coefficient (Wildman–Crippen LogP) is 2.92. The zero-order chi connectivity index (χ0) is 15.5. The number of rotatable bonds is 4. The normalized spacial score (nSPS) is 17.5. The van der Waals surface area contributed by atoms with Crippen LogP contribution in [0.5, 0.6) is 5.88 Å². The van der Waals surface area contributed by atoms with Gasteiger partial charge in [-0.1, -0.05) is 11.6 Å². The molecule has 0 bridgehead atoms. The minimum atomic E-state index is -0.306. The van der Waals surface area contributed by atoms with Gasteiger partial charge in [-0.25, -0.2) is 9.97 Å².